The van der Waals surface area contributed by atoms with Gasteiger partial charge in [0.25, 0.3) is 0 Å². The first-order valence-electron chi connectivity index (χ1n) is 7.99. The van der Waals surface area contributed by atoms with Crippen LogP contribution in [0.1, 0.15) is 31.5 Å². The van der Waals surface area contributed by atoms with Gasteiger partial charge in [-0.05, 0) is 25.8 Å². The highest BCUT2D eigenvalue weighted by Gasteiger charge is 2.26. The Morgan fingerprint density at radius 1 is 1.17 bits per heavy atom. The summed E-state index contributed by atoms with van der Waals surface area (Å²) < 4.78 is 3.51. The van der Waals surface area contributed by atoms with Crippen LogP contribution < -0.4 is 5.69 Å². The third-order valence-electron chi connectivity index (χ3n) is 4.39. The van der Waals surface area contributed by atoms with Gasteiger partial charge >= 0.3 is 5.69 Å². The molecule has 0 radical (unpaired) electrons. The Morgan fingerprint density at radius 3 is 2.65 bits per heavy atom. The Hall–Kier alpha value is -2.44. The zero-order valence-electron chi connectivity index (χ0n) is 13.3. The number of imidazole rings is 1. The Balaban J connectivity index is 1.59. The van der Waals surface area contributed by atoms with Crippen LogP contribution in [0.4, 0.5) is 0 Å². The highest BCUT2D eigenvalue weighted by Crippen LogP contribution is 2.26. The van der Waals surface area contributed by atoms with Gasteiger partial charge in [0.05, 0.1) is 0 Å². The summed E-state index contributed by atoms with van der Waals surface area (Å²) in [5.41, 5.74) is -0.388. The molecule has 0 spiro atoms. The second-order valence-electron chi connectivity index (χ2n) is 5.76. The molecule has 23 heavy (non-hydrogen) atoms. The Morgan fingerprint density at radius 2 is 1.96 bits per heavy atom. The second-order valence-corrected chi connectivity index (χ2v) is 5.76. The first-order valence-corrected chi connectivity index (χ1v) is 7.99. The number of aryl methyl sites for hydroxylation is 1. The van der Waals surface area contributed by atoms with E-state index in [1.165, 1.54) is 10.8 Å². The van der Waals surface area contributed by atoms with E-state index in [4.69, 9.17) is 0 Å². The lowest BCUT2D eigenvalue weighted by molar-refractivity contribution is -0.133. The lowest BCUT2D eigenvalue weighted by Crippen LogP contribution is -2.41. The molecule has 2 aromatic rings. The van der Waals surface area contributed by atoms with Crippen molar-refractivity contribution >= 4 is 5.91 Å². The molecule has 3 rings (SSSR count). The number of hydrogen-bond acceptors (Lipinski definition) is 4. The molecule has 1 amide bonds. The van der Waals surface area contributed by atoms with E-state index in [1.54, 1.807) is 12.3 Å². The number of amides is 1. The Kier molecular flexibility index (Phi) is 4.55. The van der Waals surface area contributed by atoms with Crippen molar-refractivity contribution < 1.29 is 4.79 Å². The number of piperidine rings is 1. The van der Waals surface area contributed by atoms with Gasteiger partial charge in [-0.3, -0.25) is 9.36 Å². The number of rotatable bonds is 4. The third-order valence-corrected chi connectivity index (χ3v) is 4.39. The summed E-state index contributed by atoms with van der Waals surface area (Å²) >= 11 is 0. The van der Waals surface area contributed by atoms with Crippen molar-refractivity contribution in [2.75, 3.05) is 13.1 Å². The molecule has 1 aliphatic rings. The van der Waals surface area contributed by atoms with Crippen LogP contribution in [0, 0.1) is 0 Å². The number of carbonyl (C=O) groups excluding carboxylic acids is 1. The summed E-state index contributed by atoms with van der Waals surface area (Å²) in [6.07, 6.45) is 8.69. The van der Waals surface area contributed by atoms with Crippen molar-refractivity contribution in [3.63, 3.8) is 0 Å². The van der Waals surface area contributed by atoms with E-state index in [0.29, 0.717) is 19.0 Å². The van der Waals surface area contributed by atoms with Crippen molar-refractivity contribution in [1.29, 1.82) is 0 Å². The minimum Gasteiger partial charge on any atom is -0.341 e. The SMILES string of the molecule is CCn1ccnc1C1CCN(C(=O)Cn2cccnc2=O)CC1. The van der Waals surface area contributed by atoms with Crippen LogP contribution in [0.25, 0.3) is 0 Å². The van der Waals surface area contributed by atoms with Gasteiger partial charge < -0.3 is 9.47 Å². The van der Waals surface area contributed by atoms with Gasteiger partial charge in [-0.1, -0.05) is 0 Å². The third kappa shape index (κ3) is 3.33. The lowest BCUT2D eigenvalue weighted by atomic mass is 9.96. The molecule has 122 valence electrons. The van der Waals surface area contributed by atoms with Gasteiger partial charge in [0, 0.05) is 50.3 Å². The van der Waals surface area contributed by atoms with Gasteiger partial charge in [-0.15, -0.1) is 0 Å². The van der Waals surface area contributed by atoms with Crippen LogP contribution in [-0.2, 0) is 17.9 Å². The van der Waals surface area contributed by atoms with E-state index in [0.717, 1.165) is 25.2 Å². The summed E-state index contributed by atoms with van der Waals surface area (Å²) in [4.78, 5) is 33.9. The molecule has 0 N–H and O–H groups in total. The quantitative estimate of drug-likeness (QED) is 0.839. The van der Waals surface area contributed by atoms with Crippen LogP contribution in [0.5, 0.6) is 0 Å². The van der Waals surface area contributed by atoms with Gasteiger partial charge in [-0.25, -0.2) is 14.8 Å². The zero-order chi connectivity index (χ0) is 16.2. The largest absolute Gasteiger partial charge is 0.347 e. The Labute approximate surface area is 134 Å². The van der Waals surface area contributed by atoms with Crippen LogP contribution in [0.15, 0.2) is 35.6 Å². The van der Waals surface area contributed by atoms with E-state index in [9.17, 15) is 9.59 Å². The molecule has 0 atom stereocenters. The fraction of sp³-hybridized carbons (Fsp3) is 0.500. The minimum absolute atomic E-state index is 0.0302. The van der Waals surface area contributed by atoms with Crippen molar-refractivity contribution in [1.82, 2.24) is 24.0 Å². The van der Waals surface area contributed by atoms with E-state index in [2.05, 4.69) is 21.5 Å². The molecule has 0 saturated carbocycles. The first kappa shape index (κ1) is 15.5. The van der Waals surface area contributed by atoms with Gasteiger partial charge in [-0.2, -0.15) is 0 Å². The van der Waals surface area contributed by atoms with E-state index in [1.807, 2.05) is 17.3 Å². The van der Waals surface area contributed by atoms with Crippen molar-refractivity contribution in [3.05, 3.63) is 47.2 Å². The van der Waals surface area contributed by atoms with Crippen LogP contribution in [-0.4, -0.2) is 43.0 Å². The van der Waals surface area contributed by atoms with Gasteiger partial charge in [0.2, 0.25) is 5.91 Å². The highest BCUT2D eigenvalue weighted by atomic mass is 16.2. The molecule has 1 saturated heterocycles. The fourth-order valence-corrected chi connectivity index (χ4v) is 3.09. The normalized spacial score (nSPS) is 15.8. The molecule has 1 fully saturated rings. The predicted octanol–water partition coefficient (Wildman–Crippen LogP) is 0.866. The zero-order valence-corrected chi connectivity index (χ0v) is 13.3. The summed E-state index contributed by atoms with van der Waals surface area (Å²) in [5.74, 6) is 1.48. The summed E-state index contributed by atoms with van der Waals surface area (Å²) in [6, 6.07) is 1.66. The van der Waals surface area contributed by atoms with E-state index in [-0.39, 0.29) is 18.1 Å². The summed E-state index contributed by atoms with van der Waals surface area (Å²) in [7, 11) is 0. The molecule has 0 aliphatic carbocycles. The average molecular weight is 315 g/mol. The lowest BCUT2D eigenvalue weighted by Gasteiger charge is -2.32. The van der Waals surface area contributed by atoms with Crippen LogP contribution in [0.3, 0.4) is 0 Å². The molecular formula is C16H21N5O2. The molecular weight excluding hydrogens is 294 g/mol. The number of carbonyl (C=O) groups is 1. The second kappa shape index (κ2) is 6.76. The maximum absolute atomic E-state index is 12.4. The molecule has 7 heteroatoms. The van der Waals surface area contributed by atoms with Crippen molar-refractivity contribution in [2.45, 2.75) is 38.8 Å². The van der Waals surface area contributed by atoms with Crippen LogP contribution >= 0.6 is 0 Å². The van der Waals surface area contributed by atoms with E-state index < -0.39 is 0 Å². The highest BCUT2D eigenvalue weighted by molar-refractivity contribution is 5.76. The van der Waals surface area contributed by atoms with Crippen molar-refractivity contribution in [3.8, 4) is 0 Å². The smallest absolute Gasteiger partial charge is 0.341 e. The van der Waals surface area contributed by atoms with Crippen molar-refractivity contribution in [2.24, 2.45) is 0 Å². The maximum Gasteiger partial charge on any atom is 0.347 e. The molecule has 0 unspecified atom stereocenters. The van der Waals surface area contributed by atoms with Gasteiger partial charge in [0.15, 0.2) is 0 Å². The molecule has 2 aromatic heterocycles. The molecule has 7 nitrogen and oxygen atoms in total. The standard InChI is InChI=1S/C16H21N5O2/c1-2-19-11-7-17-15(19)13-4-9-20(10-5-13)14(22)12-21-8-3-6-18-16(21)23/h3,6-8,11,13H,2,4-5,9-10,12H2,1H3. The van der Waals surface area contributed by atoms with E-state index >= 15 is 0 Å². The predicted molar refractivity (Wildman–Crippen MR) is 85.0 cm³/mol. The topological polar surface area (TPSA) is 73.0 Å². The number of aromatic nitrogens is 4. The van der Waals surface area contributed by atoms with Crippen LogP contribution in [0.2, 0.25) is 0 Å². The number of likely N-dealkylation sites (tertiary alicyclic amines) is 1. The summed E-state index contributed by atoms with van der Waals surface area (Å²) in [5, 5.41) is 0. The molecule has 0 bridgehead atoms. The fourth-order valence-electron chi connectivity index (χ4n) is 3.09. The maximum atomic E-state index is 12.4. The number of hydrogen-bond donors (Lipinski definition) is 0. The average Bonchev–Trinajstić information content (AvgIpc) is 3.05. The summed E-state index contributed by atoms with van der Waals surface area (Å²) in [6.45, 7) is 4.49. The minimum atomic E-state index is -0.388. The molecule has 1 aliphatic heterocycles. The molecule has 0 aromatic carbocycles. The number of nitrogens with zero attached hydrogens (tertiary/aromatic N) is 5. The molecule has 3 heterocycles. The van der Waals surface area contributed by atoms with Gasteiger partial charge in [0.1, 0.15) is 12.4 Å². The monoisotopic (exact) mass is 315 g/mol. The Bertz CT molecular complexity index is 728. The first-order chi connectivity index (χ1) is 11.2.